The number of fused-ring (bicyclic) bond motifs is 2. The van der Waals surface area contributed by atoms with Crippen molar-refractivity contribution in [2.24, 2.45) is 0 Å². The molecule has 7 heteroatoms. The number of hydrogen-bond acceptors (Lipinski definition) is 5. The maximum Gasteiger partial charge on any atom is 0.307 e. The van der Waals surface area contributed by atoms with Gasteiger partial charge < -0.3 is 19.1 Å². The summed E-state index contributed by atoms with van der Waals surface area (Å²) in [5, 5.41) is 1.40. The predicted octanol–water partition coefficient (Wildman–Crippen LogP) is 6.46. The van der Waals surface area contributed by atoms with E-state index < -0.39 is 5.60 Å². The van der Waals surface area contributed by atoms with Crippen molar-refractivity contribution in [3.63, 3.8) is 0 Å². The summed E-state index contributed by atoms with van der Waals surface area (Å²) < 4.78 is 17.6. The number of likely N-dealkylation sites (tertiary alicyclic amines) is 1. The first kappa shape index (κ1) is 26.1. The predicted molar refractivity (Wildman–Crippen MR) is 140 cm³/mol. The van der Waals surface area contributed by atoms with Crippen molar-refractivity contribution in [1.29, 1.82) is 0 Å². The highest BCUT2D eigenvalue weighted by Crippen LogP contribution is 2.46. The van der Waals surface area contributed by atoms with Crippen LogP contribution in [-0.2, 0) is 21.4 Å². The molecule has 1 fully saturated rings. The van der Waals surface area contributed by atoms with Gasteiger partial charge >= 0.3 is 5.97 Å². The number of ether oxygens (including phenoxy) is 3. The van der Waals surface area contributed by atoms with E-state index in [4.69, 9.17) is 37.4 Å². The maximum absolute atomic E-state index is 12.1. The van der Waals surface area contributed by atoms with Crippen molar-refractivity contribution < 1.29 is 19.0 Å². The lowest BCUT2D eigenvalue weighted by atomic mass is 9.74. The zero-order valence-corrected chi connectivity index (χ0v) is 22.4. The van der Waals surface area contributed by atoms with E-state index in [1.807, 2.05) is 51.1 Å². The smallest absolute Gasteiger partial charge is 0.307 e. The largest absolute Gasteiger partial charge is 0.493 e. The summed E-state index contributed by atoms with van der Waals surface area (Å²) in [6, 6.07) is 11.8. The summed E-state index contributed by atoms with van der Waals surface area (Å²) in [6.07, 6.45) is 4.07. The molecule has 2 aliphatic heterocycles. The molecule has 0 bridgehead atoms. The van der Waals surface area contributed by atoms with Crippen molar-refractivity contribution in [2.75, 3.05) is 32.8 Å². The average molecular weight is 520 g/mol. The number of piperidine rings is 1. The van der Waals surface area contributed by atoms with Crippen LogP contribution in [0, 0.1) is 0 Å². The van der Waals surface area contributed by atoms with Crippen LogP contribution in [0.15, 0.2) is 36.4 Å². The van der Waals surface area contributed by atoms with Crippen LogP contribution in [0.25, 0.3) is 0 Å². The molecule has 0 amide bonds. The highest BCUT2D eigenvalue weighted by Gasteiger charge is 2.43. The van der Waals surface area contributed by atoms with Gasteiger partial charge in [-0.3, -0.25) is 4.79 Å². The minimum absolute atomic E-state index is 0.0527. The zero-order chi connectivity index (χ0) is 25.1. The molecule has 0 radical (unpaired) electrons. The molecule has 0 aliphatic carbocycles. The second-order valence-corrected chi connectivity index (χ2v) is 11.4. The van der Waals surface area contributed by atoms with Crippen molar-refractivity contribution in [1.82, 2.24) is 4.90 Å². The molecular weight excluding hydrogens is 485 g/mol. The third kappa shape index (κ3) is 6.63. The molecule has 2 heterocycles. The number of carbonyl (C=O) groups is 1. The van der Waals surface area contributed by atoms with Crippen molar-refractivity contribution >= 4 is 29.2 Å². The van der Waals surface area contributed by atoms with Crippen molar-refractivity contribution in [3.05, 3.63) is 57.6 Å². The highest BCUT2D eigenvalue weighted by atomic mass is 35.5. The van der Waals surface area contributed by atoms with Crippen LogP contribution < -0.4 is 9.47 Å². The maximum atomic E-state index is 12.1. The summed E-state index contributed by atoms with van der Waals surface area (Å²) in [5.41, 5.74) is 1.87. The van der Waals surface area contributed by atoms with Crippen LogP contribution in [-0.4, -0.2) is 49.3 Å². The number of nitrogens with zero attached hydrogens (tertiary/aromatic N) is 1. The fourth-order valence-corrected chi connectivity index (χ4v) is 5.50. The Morgan fingerprint density at radius 1 is 1.11 bits per heavy atom. The lowest BCUT2D eigenvalue weighted by Crippen LogP contribution is -2.44. The molecule has 190 valence electrons. The molecule has 2 aromatic carbocycles. The van der Waals surface area contributed by atoms with Crippen LogP contribution in [0.4, 0.5) is 0 Å². The van der Waals surface area contributed by atoms with Gasteiger partial charge in [0, 0.05) is 33.6 Å². The molecule has 1 saturated heterocycles. The van der Waals surface area contributed by atoms with E-state index in [0.29, 0.717) is 29.7 Å². The van der Waals surface area contributed by atoms with Crippen LogP contribution in [0.1, 0.15) is 57.6 Å². The van der Waals surface area contributed by atoms with Gasteiger partial charge in [0.1, 0.15) is 17.1 Å². The Labute approximate surface area is 218 Å². The van der Waals surface area contributed by atoms with Gasteiger partial charge in [-0.1, -0.05) is 35.3 Å². The molecule has 4 rings (SSSR count). The van der Waals surface area contributed by atoms with Gasteiger partial charge in [-0.05, 0) is 83.3 Å². The van der Waals surface area contributed by atoms with Gasteiger partial charge in [0.25, 0.3) is 0 Å². The fourth-order valence-electron chi connectivity index (χ4n) is 4.91. The average Bonchev–Trinajstić information content (AvgIpc) is 3.14. The number of halogens is 2. The highest BCUT2D eigenvalue weighted by molar-refractivity contribution is 6.35. The summed E-state index contributed by atoms with van der Waals surface area (Å²) >= 11 is 12.5. The molecule has 0 aromatic heterocycles. The van der Waals surface area contributed by atoms with E-state index in [1.165, 1.54) is 5.56 Å². The molecule has 5 nitrogen and oxygen atoms in total. The van der Waals surface area contributed by atoms with E-state index in [2.05, 4.69) is 11.0 Å². The molecule has 2 aromatic rings. The molecule has 35 heavy (non-hydrogen) atoms. The Hall–Kier alpha value is -1.95. The minimum atomic E-state index is -0.431. The van der Waals surface area contributed by atoms with Gasteiger partial charge in [-0.2, -0.15) is 0 Å². The first-order valence-corrected chi connectivity index (χ1v) is 13.2. The minimum Gasteiger partial charge on any atom is -0.493 e. The normalized spacial score (nSPS) is 17.2. The van der Waals surface area contributed by atoms with E-state index in [9.17, 15) is 4.79 Å². The topological polar surface area (TPSA) is 48.0 Å². The molecule has 0 saturated carbocycles. The standard InChI is InChI=1S/C28H35Cl2NO4/c1-27(2,3)35-26(32)11-14-31-15-12-28(13-16-31)19-34-25-18-20(9-10-22(25)28)33-17-5-6-21-23(29)7-4-8-24(21)30/h4,7-10,18H,5-6,11-17,19H2,1-3H3. The molecule has 0 atom stereocenters. The second-order valence-electron chi connectivity index (χ2n) is 10.6. The Bertz CT molecular complexity index is 1020. The first-order chi connectivity index (χ1) is 16.7. The van der Waals surface area contributed by atoms with E-state index in [-0.39, 0.29) is 11.4 Å². The van der Waals surface area contributed by atoms with E-state index in [1.54, 1.807) is 0 Å². The summed E-state index contributed by atoms with van der Waals surface area (Å²) in [4.78, 5) is 14.4. The lowest BCUT2D eigenvalue weighted by Gasteiger charge is -2.38. The number of carbonyl (C=O) groups excluding carboxylic acids is 1. The Balaban J connectivity index is 1.26. The SMILES string of the molecule is CC(C)(C)OC(=O)CCN1CCC2(CC1)COc1cc(OCCCc3c(Cl)cccc3Cl)ccc12. The van der Waals surface area contributed by atoms with Crippen LogP contribution in [0.2, 0.25) is 10.0 Å². The van der Waals surface area contributed by atoms with Gasteiger partial charge in [-0.15, -0.1) is 0 Å². The third-order valence-electron chi connectivity index (χ3n) is 6.80. The lowest BCUT2D eigenvalue weighted by molar-refractivity contribution is -0.155. The van der Waals surface area contributed by atoms with Crippen LogP contribution >= 0.6 is 23.2 Å². The molecule has 0 N–H and O–H groups in total. The van der Waals surface area contributed by atoms with Crippen molar-refractivity contribution in [2.45, 2.75) is 63.9 Å². The van der Waals surface area contributed by atoms with Crippen LogP contribution in [0.3, 0.4) is 0 Å². The molecule has 2 aliphatic rings. The second kappa shape index (κ2) is 11.0. The number of hydrogen-bond donors (Lipinski definition) is 0. The summed E-state index contributed by atoms with van der Waals surface area (Å²) in [6.45, 7) is 9.64. The molecule has 1 spiro atoms. The molecular formula is C28H35Cl2NO4. The Kier molecular flexibility index (Phi) is 8.19. The number of benzene rings is 2. The Morgan fingerprint density at radius 3 is 2.51 bits per heavy atom. The number of rotatable bonds is 8. The van der Waals surface area contributed by atoms with E-state index >= 15 is 0 Å². The molecule has 0 unspecified atom stereocenters. The van der Waals surface area contributed by atoms with E-state index in [0.717, 1.165) is 62.4 Å². The van der Waals surface area contributed by atoms with Gasteiger partial charge in [0.05, 0.1) is 19.6 Å². The summed E-state index contributed by atoms with van der Waals surface area (Å²) in [7, 11) is 0. The number of esters is 1. The zero-order valence-electron chi connectivity index (χ0n) is 20.9. The summed E-state index contributed by atoms with van der Waals surface area (Å²) in [5.74, 6) is 1.62. The van der Waals surface area contributed by atoms with Crippen molar-refractivity contribution in [3.8, 4) is 11.5 Å². The van der Waals surface area contributed by atoms with Crippen LogP contribution in [0.5, 0.6) is 11.5 Å². The first-order valence-electron chi connectivity index (χ1n) is 12.4. The Morgan fingerprint density at radius 2 is 1.83 bits per heavy atom. The van der Waals surface area contributed by atoms with Gasteiger partial charge in [0.15, 0.2) is 0 Å². The third-order valence-corrected chi connectivity index (χ3v) is 7.50. The fraction of sp³-hybridized carbons (Fsp3) is 0.536. The monoisotopic (exact) mass is 519 g/mol. The van der Waals surface area contributed by atoms with Gasteiger partial charge in [-0.25, -0.2) is 0 Å². The quantitative estimate of drug-likeness (QED) is 0.295. The van der Waals surface area contributed by atoms with Gasteiger partial charge in [0.2, 0.25) is 0 Å².